The summed E-state index contributed by atoms with van der Waals surface area (Å²) in [6.45, 7) is 0. The minimum Gasteiger partial charge on any atom is -0.310 e. The molecule has 0 spiro atoms. The van der Waals surface area contributed by atoms with Crippen molar-refractivity contribution in [2.75, 3.05) is 4.90 Å². The molecule has 1 nitrogen and oxygen atoms in total. The second-order valence-electron chi connectivity index (χ2n) is 12.5. The molecule has 1 heteroatoms. The number of nitrogens with zero attached hydrogens (tertiary/aromatic N) is 1. The normalized spacial score (nSPS) is 11.3. The van der Waals surface area contributed by atoms with Gasteiger partial charge in [0, 0.05) is 16.8 Å². The van der Waals surface area contributed by atoms with E-state index in [9.17, 15) is 0 Å². The maximum atomic E-state index is 2.42. The highest BCUT2D eigenvalue weighted by Crippen LogP contribution is 2.44. The van der Waals surface area contributed by atoms with E-state index in [4.69, 9.17) is 0 Å². The summed E-state index contributed by atoms with van der Waals surface area (Å²) in [7, 11) is 0. The molecule has 0 bridgehead atoms. The van der Waals surface area contributed by atoms with Crippen LogP contribution in [0.15, 0.2) is 200 Å². The van der Waals surface area contributed by atoms with Gasteiger partial charge in [-0.1, -0.05) is 170 Å². The quantitative estimate of drug-likeness (QED) is 0.167. The van der Waals surface area contributed by atoms with Crippen LogP contribution >= 0.6 is 0 Å². The van der Waals surface area contributed by atoms with Crippen molar-refractivity contribution in [3.05, 3.63) is 200 Å². The van der Waals surface area contributed by atoms with E-state index in [0.717, 1.165) is 17.1 Å². The summed E-state index contributed by atoms with van der Waals surface area (Å²) in [4.78, 5) is 2.42. The Bertz CT molecular complexity index is 2570. The average Bonchev–Trinajstić information content (AvgIpc) is 3.19. The minimum atomic E-state index is 1.11. The van der Waals surface area contributed by atoms with E-state index in [1.165, 1.54) is 65.7 Å². The molecule has 0 amide bonds. The molecule has 0 atom stereocenters. The minimum absolute atomic E-state index is 1.11. The van der Waals surface area contributed by atoms with Gasteiger partial charge in [-0.3, -0.25) is 0 Å². The number of benzene rings is 9. The van der Waals surface area contributed by atoms with Gasteiger partial charge in [-0.25, -0.2) is 0 Å². The second-order valence-corrected chi connectivity index (χ2v) is 12.5. The molecule has 0 unspecified atom stereocenters. The first kappa shape index (κ1) is 28.8. The lowest BCUT2D eigenvalue weighted by Crippen LogP contribution is -2.11. The SMILES string of the molecule is c1ccc(-c2ccc(N(c3ccc(-c4ccccc4)c(-c4ccccc4)c3)c3cccc4c3ccc3c5ccccc5ccc43)cc2)cc1. The smallest absolute Gasteiger partial charge is 0.0540 e. The fraction of sp³-hybridized carbons (Fsp3) is 0. The topological polar surface area (TPSA) is 3.24 Å². The summed E-state index contributed by atoms with van der Waals surface area (Å²) in [5.74, 6) is 0. The summed E-state index contributed by atoms with van der Waals surface area (Å²) in [6, 6.07) is 72.4. The average molecular weight is 624 g/mol. The van der Waals surface area contributed by atoms with Crippen molar-refractivity contribution in [2.24, 2.45) is 0 Å². The van der Waals surface area contributed by atoms with Gasteiger partial charge in [0.25, 0.3) is 0 Å². The molecule has 0 fully saturated rings. The molecule has 0 aliphatic carbocycles. The molecule has 0 aliphatic heterocycles. The Balaban J connectivity index is 1.28. The zero-order chi connectivity index (χ0) is 32.6. The Kier molecular flexibility index (Phi) is 7.22. The molecule has 230 valence electrons. The van der Waals surface area contributed by atoms with Crippen LogP contribution in [0.4, 0.5) is 17.1 Å². The monoisotopic (exact) mass is 623 g/mol. The van der Waals surface area contributed by atoms with E-state index in [0.29, 0.717) is 0 Å². The summed E-state index contributed by atoms with van der Waals surface area (Å²) in [6.07, 6.45) is 0. The first-order valence-electron chi connectivity index (χ1n) is 16.9. The Morgan fingerprint density at radius 2 is 0.776 bits per heavy atom. The molecule has 0 heterocycles. The van der Waals surface area contributed by atoms with Crippen molar-refractivity contribution in [1.29, 1.82) is 0 Å². The van der Waals surface area contributed by atoms with Crippen molar-refractivity contribution >= 4 is 49.4 Å². The second kappa shape index (κ2) is 12.3. The molecule has 9 aromatic carbocycles. The first-order chi connectivity index (χ1) is 24.3. The largest absolute Gasteiger partial charge is 0.310 e. The van der Waals surface area contributed by atoms with Gasteiger partial charge < -0.3 is 4.90 Å². The molecule has 0 saturated carbocycles. The lowest BCUT2D eigenvalue weighted by Gasteiger charge is -2.28. The van der Waals surface area contributed by atoms with Gasteiger partial charge in [0.05, 0.1) is 5.69 Å². The summed E-state index contributed by atoms with van der Waals surface area (Å²) < 4.78 is 0. The highest BCUT2D eigenvalue weighted by molar-refractivity contribution is 6.19. The summed E-state index contributed by atoms with van der Waals surface area (Å²) >= 11 is 0. The van der Waals surface area contributed by atoms with Crippen molar-refractivity contribution in [3.63, 3.8) is 0 Å². The van der Waals surface area contributed by atoms with Crippen LogP contribution in [0.5, 0.6) is 0 Å². The molecule has 0 radical (unpaired) electrons. The van der Waals surface area contributed by atoms with Crippen LogP contribution in [0, 0.1) is 0 Å². The van der Waals surface area contributed by atoms with Gasteiger partial charge in [0.1, 0.15) is 0 Å². The predicted octanol–water partition coefficient (Wildman–Crippen LogP) is 13.6. The fourth-order valence-corrected chi connectivity index (χ4v) is 7.29. The zero-order valence-corrected chi connectivity index (χ0v) is 27.0. The van der Waals surface area contributed by atoms with E-state index < -0.39 is 0 Å². The lowest BCUT2D eigenvalue weighted by atomic mass is 9.93. The van der Waals surface area contributed by atoms with Gasteiger partial charge in [-0.05, 0) is 90.6 Å². The third kappa shape index (κ3) is 5.23. The molecule has 9 rings (SSSR count). The third-order valence-corrected chi connectivity index (χ3v) is 9.67. The first-order valence-corrected chi connectivity index (χ1v) is 16.9. The van der Waals surface area contributed by atoms with Gasteiger partial charge >= 0.3 is 0 Å². The van der Waals surface area contributed by atoms with Crippen LogP contribution in [-0.4, -0.2) is 0 Å². The van der Waals surface area contributed by atoms with Crippen molar-refractivity contribution in [2.45, 2.75) is 0 Å². The number of hydrogen-bond acceptors (Lipinski definition) is 1. The Morgan fingerprint density at radius 1 is 0.265 bits per heavy atom. The predicted molar refractivity (Wildman–Crippen MR) is 210 cm³/mol. The zero-order valence-electron chi connectivity index (χ0n) is 27.0. The molecule has 49 heavy (non-hydrogen) atoms. The molecular weight excluding hydrogens is 591 g/mol. The van der Waals surface area contributed by atoms with Crippen molar-refractivity contribution < 1.29 is 0 Å². The van der Waals surface area contributed by atoms with Crippen LogP contribution in [0.2, 0.25) is 0 Å². The van der Waals surface area contributed by atoms with E-state index in [1.54, 1.807) is 0 Å². The van der Waals surface area contributed by atoms with Crippen molar-refractivity contribution in [1.82, 2.24) is 0 Å². The molecular formula is C48H33N. The Labute approximate surface area is 287 Å². The highest BCUT2D eigenvalue weighted by atomic mass is 15.1. The molecule has 0 aromatic heterocycles. The summed E-state index contributed by atoms with van der Waals surface area (Å²) in [5, 5.41) is 7.55. The van der Waals surface area contributed by atoms with Gasteiger partial charge in [-0.15, -0.1) is 0 Å². The van der Waals surface area contributed by atoms with E-state index in [2.05, 4.69) is 205 Å². The maximum Gasteiger partial charge on any atom is 0.0540 e. The maximum absolute atomic E-state index is 2.42. The van der Waals surface area contributed by atoms with Crippen LogP contribution in [0.1, 0.15) is 0 Å². The van der Waals surface area contributed by atoms with Crippen molar-refractivity contribution in [3.8, 4) is 33.4 Å². The van der Waals surface area contributed by atoms with Crippen LogP contribution in [0.3, 0.4) is 0 Å². The molecule has 9 aromatic rings. The van der Waals surface area contributed by atoms with Crippen LogP contribution in [-0.2, 0) is 0 Å². The molecule has 0 aliphatic rings. The van der Waals surface area contributed by atoms with Gasteiger partial charge in [0.15, 0.2) is 0 Å². The van der Waals surface area contributed by atoms with Gasteiger partial charge in [0.2, 0.25) is 0 Å². The van der Waals surface area contributed by atoms with Gasteiger partial charge in [-0.2, -0.15) is 0 Å². The third-order valence-electron chi connectivity index (χ3n) is 9.67. The van der Waals surface area contributed by atoms with Crippen LogP contribution < -0.4 is 4.90 Å². The highest BCUT2D eigenvalue weighted by Gasteiger charge is 2.19. The fourth-order valence-electron chi connectivity index (χ4n) is 7.29. The summed E-state index contributed by atoms with van der Waals surface area (Å²) in [5.41, 5.74) is 10.6. The number of fused-ring (bicyclic) bond motifs is 5. The van der Waals surface area contributed by atoms with E-state index in [1.807, 2.05) is 0 Å². The number of hydrogen-bond donors (Lipinski definition) is 0. The molecule has 0 saturated heterocycles. The Hall–Kier alpha value is -6.44. The number of rotatable bonds is 6. The lowest BCUT2D eigenvalue weighted by molar-refractivity contribution is 1.30. The van der Waals surface area contributed by atoms with E-state index >= 15 is 0 Å². The van der Waals surface area contributed by atoms with Crippen LogP contribution in [0.25, 0.3) is 65.7 Å². The number of anilines is 3. The molecule has 0 N–H and O–H groups in total. The van der Waals surface area contributed by atoms with E-state index in [-0.39, 0.29) is 0 Å². The standard InChI is InChI=1S/C48H33N/c1-4-13-34(14-5-1)35-23-26-39(27-24-35)49(40-28-30-42(36-15-6-2-7-16-36)47(33-40)37-17-8-3-9-18-37)48-22-12-21-43-45-29-25-38-19-10-11-20-41(38)44(45)31-32-46(43)48/h1-33H. The Morgan fingerprint density at radius 3 is 1.51 bits per heavy atom.